The van der Waals surface area contributed by atoms with E-state index in [2.05, 4.69) is 26.8 Å². The highest BCUT2D eigenvalue weighted by molar-refractivity contribution is 5.29. The molecule has 1 rings (SSSR count). The summed E-state index contributed by atoms with van der Waals surface area (Å²) in [6, 6.07) is 8.08. The molecule has 0 aliphatic carbocycles. The summed E-state index contributed by atoms with van der Waals surface area (Å²) < 4.78 is 0. The Bertz CT molecular complexity index is 322. The summed E-state index contributed by atoms with van der Waals surface area (Å²) in [6.07, 6.45) is 0.504. The van der Waals surface area contributed by atoms with Crippen molar-refractivity contribution in [2.24, 2.45) is 17.6 Å². The zero-order chi connectivity index (χ0) is 12.1. The molecule has 0 aliphatic rings. The van der Waals surface area contributed by atoms with Gasteiger partial charge < -0.3 is 10.8 Å². The molecule has 2 nitrogen and oxygen atoms in total. The fourth-order valence-corrected chi connectivity index (χ4v) is 2.14. The van der Waals surface area contributed by atoms with Crippen LogP contribution >= 0.6 is 0 Å². The average molecular weight is 221 g/mol. The van der Waals surface area contributed by atoms with Crippen molar-refractivity contribution in [1.82, 2.24) is 0 Å². The van der Waals surface area contributed by atoms with Crippen molar-refractivity contribution in [2.75, 3.05) is 6.54 Å². The molecule has 90 valence electrons. The third-order valence-electron chi connectivity index (χ3n) is 3.29. The van der Waals surface area contributed by atoms with Crippen molar-refractivity contribution in [3.63, 3.8) is 0 Å². The summed E-state index contributed by atoms with van der Waals surface area (Å²) >= 11 is 0. The van der Waals surface area contributed by atoms with Gasteiger partial charge in [0.2, 0.25) is 0 Å². The first kappa shape index (κ1) is 13.2. The van der Waals surface area contributed by atoms with Gasteiger partial charge in [0.05, 0.1) is 6.10 Å². The minimum absolute atomic E-state index is 0.132. The van der Waals surface area contributed by atoms with E-state index in [4.69, 9.17) is 5.73 Å². The number of hydrogen-bond donors (Lipinski definition) is 2. The summed E-state index contributed by atoms with van der Waals surface area (Å²) in [6.45, 7) is 6.85. The largest absolute Gasteiger partial charge is 0.388 e. The summed E-state index contributed by atoms with van der Waals surface area (Å²) in [5, 5.41) is 10.4. The van der Waals surface area contributed by atoms with E-state index >= 15 is 0 Å². The van der Waals surface area contributed by atoms with Gasteiger partial charge in [-0.2, -0.15) is 0 Å². The molecule has 0 aromatic heterocycles. The maximum Gasteiger partial charge on any atom is 0.0835 e. The Balaban J connectivity index is 2.98. The van der Waals surface area contributed by atoms with Crippen LogP contribution in [0.25, 0.3) is 0 Å². The predicted octanol–water partition coefficient (Wildman–Crippen LogP) is 2.51. The summed E-state index contributed by atoms with van der Waals surface area (Å²) in [5.74, 6) is 0.526. The van der Waals surface area contributed by atoms with Crippen molar-refractivity contribution >= 4 is 0 Å². The maximum atomic E-state index is 10.4. The van der Waals surface area contributed by atoms with Crippen LogP contribution in [0.4, 0.5) is 0 Å². The molecule has 1 aromatic carbocycles. The molecule has 0 saturated carbocycles. The summed E-state index contributed by atoms with van der Waals surface area (Å²) in [5.41, 5.74) is 8.00. The van der Waals surface area contributed by atoms with Gasteiger partial charge in [0.15, 0.2) is 0 Å². The number of benzene rings is 1. The molecule has 16 heavy (non-hydrogen) atoms. The smallest absolute Gasteiger partial charge is 0.0835 e. The van der Waals surface area contributed by atoms with Crippen LogP contribution in [0.2, 0.25) is 0 Å². The van der Waals surface area contributed by atoms with E-state index in [-0.39, 0.29) is 5.92 Å². The highest BCUT2D eigenvalue weighted by atomic mass is 16.3. The molecule has 0 aliphatic heterocycles. The number of nitrogens with two attached hydrogens (primary N) is 1. The first-order valence-corrected chi connectivity index (χ1v) is 6.07. The Morgan fingerprint density at radius 3 is 2.38 bits per heavy atom. The standard InChI is InChI=1S/C14H23NO/c1-4-11-7-5-6-8-12(11)14(16)13(9-15)10(2)3/h5-8,10,13-14,16H,4,9,15H2,1-3H3. The molecule has 2 atom stereocenters. The Labute approximate surface area is 98.5 Å². The number of aryl methyl sites for hydroxylation is 1. The number of rotatable bonds is 5. The Hall–Kier alpha value is -0.860. The normalized spacial score (nSPS) is 15.1. The fraction of sp³-hybridized carbons (Fsp3) is 0.571. The molecular weight excluding hydrogens is 198 g/mol. The zero-order valence-electron chi connectivity index (χ0n) is 10.5. The quantitative estimate of drug-likeness (QED) is 0.802. The summed E-state index contributed by atoms with van der Waals surface area (Å²) in [7, 11) is 0. The SMILES string of the molecule is CCc1ccccc1C(O)C(CN)C(C)C. The molecule has 2 heteroatoms. The van der Waals surface area contributed by atoms with E-state index in [1.165, 1.54) is 5.56 Å². The van der Waals surface area contributed by atoms with Crippen LogP contribution in [0, 0.1) is 11.8 Å². The monoisotopic (exact) mass is 221 g/mol. The van der Waals surface area contributed by atoms with Crippen LogP contribution in [0.5, 0.6) is 0 Å². The lowest BCUT2D eigenvalue weighted by molar-refractivity contribution is 0.0853. The van der Waals surface area contributed by atoms with E-state index in [9.17, 15) is 5.11 Å². The molecule has 0 heterocycles. The van der Waals surface area contributed by atoms with Crippen molar-refractivity contribution in [1.29, 1.82) is 0 Å². The van der Waals surface area contributed by atoms with Crippen LogP contribution in [-0.2, 0) is 6.42 Å². The van der Waals surface area contributed by atoms with Crippen LogP contribution in [-0.4, -0.2) is 11.7 Å². The van der Waals surface area contributed by atoms with Gasteiger partial charge in [-0.1, -0.05) is 45.0 Å². The molecule has 0 amide bonds. The average Bonchev–Trinajstić information content (AvgIpc) is 2.29. The Kier molecular flexibility index (Phi) is 4.97. The predicted molar refractivity (Wildman–Crippen MR) is 68.2 cm³/mol. The van der Waals surface area contributed by atoms with E-state index < -0.39 is 6.10 Å². The van der Waals surface area contributed by atoms with Crippen molar-refractivity contribution in [3.05, 3.63) is 35.4 Å². The second-order valence-electron chi connectivity index (χ2n) is 4.64. The molecule has 0 spiro atoms. The van der Waals surface area contributed by atoms with Crippen LogP contribution in [0.3, 0.4) is 0 Å². The topological polar surface area (TPSA) is 46.2 Å². The van der Waals surface area contributed by atoms with Gasteiger partial charge in [0, 0.05) is 5.92 Å². The van der Waals surface area contributed by atoms with Gasteiger partial charge in [-0.15, -0.1) is 0 Å². The number of hydrogen-bond acceptors (Lipinski definition) is 2. The van der Waals surface area contributed by atoms with Crippen LogP contribution in [0.15, 0.2) is 24.3 Å². The first-order chi connectivity index (χ1) is 7.61. The van der Waals surface area contributed by atoms with Gasteiger partial charge in [-0.25, -0.2) is 0 Å². The molecule has 1 aromatic rings. The fourth-order valence-electron chi connectivity index (χ4n) is 2.14. The second kappa shape index (κ2) is 6.02. The highest BCUT2D eigenvalue weighted by Crippen LogP contribution is 2.29. The van der Waals surface area contributed by atoms with Gasteiger partial charge in [0.25, 0.3) is 0 Å². The first-order valence-electron chi connectivity index (χ1n) is 6.07. The van der Waals surface area contributed by atoms with Gasteiger partial charge in [-0.3, -0.25) is 0 Å². The lowest BCUT2D eigenvalue weighted by atomic mass is 9.84. The minimum atomic E-state index is -0.443. The van der Waals surface area contributed by atoms with Crippen molar-refractivity contribution < 1.29 is 5.11 Å². The maximum absolute atomic E-state index is 10.4. The lowest BCUT2D eigenvalue weighted by Gasteiger charge is -2.26. The molecule has 0 radical (unpaired) electrons. The lowest BCUT2D eigenvalue weighted by Crippen LogP contribution is -2.27. The van der Waals surface area contributed by atoms with Gasteiger partial charge >= 0.3 is 0 Å². The molecule has 0 bridgehead atoms. The van der Waals surface area contributed by atoms with E-state index in [0.717, 1.165) is 12.0 Å². The number of aliphatic hydroxyl groups excluding tert-OH is 1. The van der Waals surface area contributed by atoms with E-state index in [0.29, 0.717) is 12.5 Å². The minimum Gasteiger partial charge on any atom is -0.388 e. The van der Waals surface area contributed by atoms with E-state index in [1.807, 2.05) is 18.2 Å². The molecule has 3 N–H and O–H groups in total. The van der Waals surface area contributed by atoms with E-state index in [1.54, 1.807) is 0 Å². The molecule has 2 unspecified atom stereocenters. The molecular formula is C14H23NO. The van der Waals surface area contributed by atoms with Gasteiger partial charge in [0.1, 0.15) is 0 Å². The summed E-state index contributed by atoms with van der Waals surface area (Å²) in [4.78, 5) is 0. The highest BCUT2D eigenvalue weighted by Gasteiger charge is 2.23. The Morgan fingerprint density at radius 1 is 1.25 bits per heavy atom. The van der Waals surface area contributed by atoms with Crippen molar-refractivity contribution in [3.8, 4) is 0 Å². The zero-order valence-corrected chi connectivity index (χ0v) is 10.5. The third kappa shape index (κ3) is 2.83. The molecule has 0 fully saturated rings. The van der Waals surface area contributed by atoms with Crippen LogP contribution < -0.4 is 5.73 Å². The third-order valence-corrected chi connectivity index (χ3v) is 3.29. The molecule has 0 saturated heterocycles. The van der Waals surface area contributed by atoms with Crippen LogP contribution in [0.1, 0.15) is 38.0 Å². The second-order valence-corrected chi connectivity index (χ2v) is 4.64. The van der Waals surface area contributed by atoms with Crippen molar-refractivity contribution in [2.45, 2.75) is 33.3 Å². The van der Waals surface area contributed by atoms with Gasteiger partial charge in [-0.05, 0) is 30.0 Å². The number of aliphatic hydroxyl groups is 1. The Morgan fingerprint density at radius 2 is 1.88 bits per heavy atom.